The lowest BCUT2D eigenvalue weighted by molar-refractivity contribution is -0.385. The number of carbonyl (C=O) groups is 3. The number of ether oxygens (including phenoxy) is 1. The van der Waals surface area contributed by atoms with E-state index in [1.54, 1.807) is 6.92 Å². The van der Waals surface area contributed by atoms with Crippen LogP contribution in [-0.2, 0) is 24.4 Å². The van der Waals surface area contributed by atoms with E-state index < -0.39 is 38.7 Å². The van der Waals surface area contributed by atoms with Crippen LogP contribution in [-0.4, -0.2) is 48.0 Å². The lowest BCUT2D eigenvalue weighted by Crippen LogP contribution is -2.35. The van der Waals surface area contributed by atoms with Gasteiger partial charge in [0.25, 0.3) is 16.8 Å². The van der Waals surface area contributed by atoms with Gasteiger partial charge < -0.3 is 8.92 Å². The second-order valence-corrected chi connectivity index (χ2v) is 10.3. The molecule has 13 heteroatoms. The molecule has 3 rings (SSSR count). The summed E-state index contributed by atoms with van der Waals surface area (Å²) in [5.74, 6) is -1.39. The van der Waals surface area contributed by atoms with Gasteiger partial charge in [0.05, 0.1) is 15.9 Å². The molecule has 1 heterocycles. The molecule has 1 aliphatic rings. The average molecular weight is 535 g/mol. The summed E-state index contributed by atoms with van der Waals surface area (Å²) >= 11 is 0.668. The van der Waals surface area contributed by atoms with Crippen molar-refractivity contribution in [2.45, 2.75) is 38.2 Å². The fourth-order valence-electron chi connectivity index (χ4n) is 3.00. The Morgan fingerprint density at radius 3 is 2.47 bits per heavy atom. The number of amides is 2. The van der Waals surface area contributed by atoms with Crippen molar-refractivity contribution >= 4 is 50.8 Å². The number of nitro groups is 1. The third kappa shape index (κ3) is 6.29. The third-order valence-corrected chi connectivity index (χ3v) is 7.27. The van der Waals surface area contributed by atoms with Crippen molar-refractivity contribution in [1.29, 1.82) is 0 Å². The van der Waals surface area contributed by atoms with Crippen LogP contribution >= 0.6 is 11.8 Å². The van der Waals surface area contributed by atoms with Gasteiger partial charge in [-0.3, -0.25) is 29.4 Å². The first-order chi connectivity index (χ1) is 16.9. The fourth-order valence-corrected chi connectivity index (χ4v) is 4.79. The number of esters is 1. The van der Waals surface area contributed by atoms with E-state index in [0.717, 1.165) is 11.0 Å². The molecule has 0 bridgehead atoms. The Bertz CT molecular complexity index is 1350. The smallest absolute Gasteiger partial charge is 0.339 e. The van der Waals surface area contributed by atoms with Crippen LogP contribution in [0.3, 0.4) is 0 Å². The monoisotopic (exact) mass is 534 g/mol. The van der Waals surface area contributed by atoms with E-state index in [9.17, 15) is 32.9 Å². The van der Waals surface area contributed by atoms with Gasteiger partial charge in [0.15, 0.2) is 0 Å². The van der Waals surface area contributed by atoms with E-state index >= 15 is 0 Å². The van der Waals surface area contributed by atoms with Crippen molar-refractivity contribution in [2.75, 3.05) is 6.54 Å². The maximum Gasteiger partial charge on any atom is 0.339 e. The number of imide groups is 1. The lowest BCUT2D eigenvalue weighted by atomic mass is 10.2. The number of nitrogens with zero attached hydrogens (tertiary/aromatic N) is 2. The van der Waals surface area contributed by atoms with Gasteiger partial charge in [-0.1, -0.05) is 25.1 Å². The lowest BCUT2D eigenvalue weighted by Gasteiger charge is -2.14. The quantitative estimate of drug-likeness (QED) is 0.151. The molecule has 1 aliphatic heterocycles. The number of carbonyl (C=O) groups excluding carboxylic acids is 3. The molecule has 0 saturated carbocycles. The van der Waals surface area contributed by atoms with E-state index in [0.29, 0.717) is 29.3 Å². The van der Waals surface area contributed by atoms with Crippen LogP contribution in [0.1, 0.15) is 31.4 Å². The minimum Gasteiger partial charge on any atom is -0.461 e. The minimum absolute atomic E-state index is 0.0590. The molecule has 2 aromatic carbocycles. The van der Waals surface area contributed by atoms with Crippen LogP contribution < -0.4 is 4.18 Å². The first kappa shape index (κ1) is 26.9. The van der Waals surface area contributed by atoms with Gasteiger partial charge in [-0.05, 0) is 61.9 Å². The Kier molecular flexibility index (Phi) is 8.15. The predicted octanol–water partition coefficient (Wildman–Crippen LogP) is 4.05. The summed E-state index contributed by atoms with van der Waals surface area (Å²) < 4.78 is 35.3. The molecule has 0 spiro atoms. The molecule has 0 aromatic heterocycles. The molecule has 190 valence electrons. The summed E-state index contributed by atoms with van der Waals surface area (Å²) in [6, 6.07) is 9.05. The SMILES string of the molecule is CC[C@@H](C)OC(=O)CN1C(=O)S/C(=C\c2ccc(OS(=O)(=O)c3ccc(C)c([N+](=O)[O-])c3)cc2)C1=O. The first-order valence-corrected chi connectivity index (χ1v) is 12.9. The molecule has 2 amide bonds. The van der Waals surface area contributed by atoms with Crippen LogP contribution in [0, 0.1) is 17.0 Å². The molecule has 0 N–H and O–H groups in total. The van der Waals surface area contributed by atoms with Gasteiger partial charge in [-0.2, -0.15) is 8.42 Å². The number of hydrogen-bond donors (Lipinski definition) is 0. The largest absolute Gasteiger partial charge is 0.461 e. The van der Waals surface area contributed by atoms with Gasteiger partial charge in [-0.25, -0.2) is 0 Å². The molecule has 0 radical (unpaired) electrons. The highest BCUT2D eigenvalue weighted by atomic mass is 32.2. The summed E-state index contributed by atoms with van der Waals surface area (Å²) in [4.78, 5) is 47.7. The maximum atomic E-state index is 12.6. The van der Waals surface area contributed by atoms with Crippen molar-refractivity contribution in [3.05, 3.63) is 68.6 Å². The second kappa shape index (κ2) is 10.9. The van der Waals surface area contributed by atoms with Crippen LogP contribution in [0.5, 0.6) is 5.75 Å². The molecular weight excluding hydrogens is 512 g/mol. The van der Waals surface area contributed by atoms with Crippen molar-refractivity contribution in [1.82, 2.24) is 4.90 Å². The molecule has 0 aliphatic carbocycles. The Morgan fingerprint density at radius 2 is 1.86 bits per heavy atom. The van der Waals surface area contributed by atoms with E-state index in [2.05, 4.69) is 0 Å². The number of thioether (sulfide) groups is 1. The summed E-state index contributed by atoms with van der Waals surface area (Å²) in [5.41, 5.74) is 0.427. The van der Waals surface area contributed by atoms with Gasteiger partial charge in [0.2, 0.25) is 0 Å². The van der Waals surface area contributed by atoms with E-state index in [1.807, 2.05) is 6.92 Å². The van der Waals surface area contributed by atoms with Gasteiger partial charge in [0, 0.05) is 11.6 Å². The van der Waals surface area contributed by atoms with Gasteiger partial charge in [0.1, 0.15) is 17.2 Å². The zero-order chi connectivity index (χ0) is 26.6. The van der Waals surface area contributed by atoms with Crippen LogP contribution in [0.15, 0.2) is 52.3 Å². The number of benzene rings is 2. The standard InChI is InChI=1S/C23H22N2O9S2/c1-4-15(3)33-21(26)13-24-22(27)20(35-23(24)28)11-16-6-8-17(9-7-16)34-36(31,32)18-10-5-14(2)19(12-18)25(29)30/h5-12,15H,4,13H2,1-3H3/b20-11-/t15-/m1/s1. The summed E-state index contributed by atoms with van der Waals surface area (Å²) in [6.45, 7) is 4.53. The highest BCUT2D eigenvalue weighted by molar-refractivity contribution is 8.18. The van der Waals surface area contributed by atoms with Crippen LogP contribution in [0.2, 0.25) is 0 Å². The zero-order valence-electron chi connectivity index (χ0n) is 19.5. The van der Waals surface area contributed by atoms with Crippen molar-refractivity contribution in [2.24, 2.45) is 0 Å². The Labute approximate surface area is 211 Å². The molecule has 11 nitrogen and oxygen atoms in total. The van der Waals surface area contributed by atoms with Gasteiger partial charge in [-0.15, -0.1) is 0 Å². The summed E-state index contributed by atoms with van der Waals surface area (Å²) in [5, 5.41) is 10.5. The van der Waals surface area contributed by atoms with Crippen molar-refractivity contribution in [3.63, 3.8) is 0 Å². The van der Waals surface area contributed by atoms with E-state index in [4.69, 9.17) is 8.92 Å². The minimum atomic E-state index is -4.34. The second-order valence-electron chi connectivity index (χ2n) is 7.79. The molecule has 36 heavy (non-hydrogen) atoms. The average Bonchev–Trinajstić information content (AvgIpc) is 3.07. The maximum absolute atomic E-state index is 12.6. The van der Waals surface area contributed by atoms with Gasteiger partial charge >= 0.3 is 16.1 Å². The molecule has 0 unspecified atom stereocenters. The Morgan fingerprint density at radius 1 is 1.19 bits per heavy atom. The highest BCUT2D eigenvalue weighted by Crippen LogP contribution is 2.32. The predicted molar refractivity (Wildman–Crippen MR) is 131 cm³/mol. The first-order valence-electron chi connectivity index (χ1n) is 10.7. The van der Waals surface area contributed by atoms with Crippen LogP contribution in [0.4, 0.5) is 10.5 Å². The normalized spacial score (nSPS) is 15.8. The Balaban J connectivity index is 1.71. The van der Waals surface area contributed by atoms with Crippen molar-refractivity contribution < 1.29 is 36.6 Å². The molecule has 1 saturated heterocycles. The van der Waals surface area contributed by atoms with Crippen molar-refractivity contribution in [3.8, 4) is 5.75 Å². The van der Waals surface area contributed by atoms with E-state index in [1.165, 1.54) is 49.4 Å². The zero-order valence-corrected chi connectivity index (χ0v) is 21.1. The fraction of sp³-hybridized carbons (Fsp3) is 0.261. The summed E-state index contributed by atoms with van der Waals surface area (Å²) in [6.07, 6.45) is 1.69. The molecular formula is C23H22N2O9S2. The number of aryl methyl sites for hydroxylation is 1. The highest BCUT2D eigenvalue weighted by Gasteiger charge is 2.36. The third-order valence-electron chi connectivity index (χ3n) is 5.12. The number of rotatable bonds is 9. The number of hydrogen-bond acceptors (Lipinski definition) is 10. The molecule has 1 fully saturated rings. The topological polar surface area (TPSA) is 150 Å². The van der Waals surface area contributed by atoms with E-state index in [-0.39, 0.29) is 27.3 Å². The van der Waals surface area contributed by atoms with Crippen LogP contribution in [0.25, 0.3) is 6.08 Å². The Hall–Kier alpha value is -3.71. The summed E-state index contributed by atoms with van der Waals surface area (Å²) in [7, 11) is -4.34. The molecule has 1 atom stereocenters. The number of nitro benzene ring substituents is 1. The molecule has 2 aromatic rings.